The summed E-state index contributed by atoms with van der Waals surface area (Å²) in [4.78, 5) is 13.1. The molecule has 0 aromatic heterocycles. The number of ether oxygens (including phenoxy) is 2. The van der Waals surface area contributed by atoms with Gasteiger partial charge in [-0.2, -0.15) is 8.42 Å². The Labute approximate surface area is 360 Å². The quantitative estimate of drug-likeness (QED) is 0.0253. The van der Waals surface area contributed by atoms with Crippen LogP contribution in [-0.2, 0) is 28.9 Å². The third-order valence-electron chi connectivity index (χ3n) is 11.9. The van der Waals surface area contributed by atoms with Gasteiger partial charge in [-0.25, -0.2) is 4.18 Å². The fraction of sp³-hybridized carbons (Fsp3) is 0.978. The summed E-state index contributed by atoms with van der Waals surface area (Å²) < 4.78 is 47.7. The second-order valence-electron chi connectivity index (χ2n) is 17.4. The van der Waals surface area contributed by atoms with Crippen molar-refractivity contribution in [2.75, 3.05) is 13.2 Å². The summed E-state index contributed by atoms with van der Waals surface area (Å²) in [5.41, 5.74) is 0. The molecule has 0 radical (unpaired) electrons. The van der Waals surface area contributed by atoms with E-state index in [4.69, 9.17) is 9.47 Å². The maximum absolute atomic E-state index is 13.1. The van der Waals surface area contributed by atoms with Crippen LogP contribution in [0.3, 0.4) is 0 Å². The Hall–Kier alpha value is -0.900. The highest BCUT2D eigenvalue weighted by atomic mass is 32.3. The second-order valence-corrected chi connectivity index (χ2v) is 18.5. The number of unbranched alkanes of at least 4 members (excludes halogenated alkanes) is 30. The van der Waals surface area contributed by atoms with E-state index in [1.54, 1.807) is 0 Å². The third-order valence-corrected chi connectivity index (χ3v) is 12.4. The minimum atomic E-state index is -5.07. The molecule has 1 amide bonds. The number of rotatable bonds is 42. The normalized spacial score (nSPS) is 20.8. The van der Waals surface area contributed by atoms with Crippen molar-refractivity contribution in [3.63, 3.8) is 0 Å². The molecule has 12 nitrogen and oxygen atoms in total. The van der Waals surface area contributed by atoms with E-state index < -0.39 is 59.9 Å². The van der Waals surface area contributed by atoms with Crippen LogP contribution in [0.15, 0.2) is 0 Å². The van der Waals surface area contributed by atoms with Gasteiger partial charge in [0.2, 0.25) is 5.91 Å². The highest BCUT2D eigenvalue weighted by Gasteiger charge is 2.48. The molecule has 0 saturated carbocycles. The molecule has 0 bridgehead atoms. The zero-order valence-electron chi connectivity index (χ0n) is 37.6. The number of hydrogen-bond donors (Lipinski definition) is 6. The van der Waals surface area contributed by atoms with Gasteiger partial charge < -0.3 is 35.2 Å². The van der Waals surface area contributed by atoms with Crippen LogP contribution in [0, 0.1) is 0 Å². The first-order chi connectivity index (χ1) is 28.5. The number of aliphatic hydroxyl groups excluding tert-OH is 4. The molecule has 0 aromatic carbocycles. The average Bonchev–Trinajstić information content (AvgIpc) is 3.20. The summed E-state index contributed by atoms with van der Waals surface area (Å²) in [6.07, 6.45) is 31.0. The summed E-state index contributed by atoms with van der Waals surface area (Å²) in [5.74, 6) is -0.226. The number of carbonyl (C=O) groups is 1. The lowest BCUT2D eigenvalue weighted by Crippen LogP contribution is -2.61. The van der Waals surface area contributed by atoms with Crippen molar-refractivity contribution < 1.29 is 51.8 Å². The van der Waals surface area contributed by atoms with Crippen LogP contribution in [-0.4, -0.2) is 95.4 Å². The third kappa shape index (κ3) is 30.7. The van der Waals surface area contributed by atoms with Crippen LogP contribution in [0.4, 0.5) is 0 Å². The van der Waals surface area contributed by atoms with E-state index in [1.807, 2.05) is 0 Å². The zero-order valence-corrected chi connectivity index (χ0v) is 38.4. The smallest absolute Gasteiger partial charge is 0.394 e. The predicted molar refractivity (Wildman–Crippen MR) is 236 cm³/mol. The molecule has 13 heteroatoms. The molecular weight excluding hydrogens is 775 g/mol. The molecule has 1 aliphatic rings. The predicted octanol–water partition coefficient (Wildman–Crippen LogP) is 9.78. The Kier molecular flexibility index (Phi) is 35.8. The molecule has 0 spiro atoms. The first-order valence-corrected chi connectivity index (χ1v) is 25.8. The van der Waals surface area contributed by atoms with Crippen LogP contribution in [0.25, 0.3) is 0 Å². The van der Waals surface area contributed by atoms with Gasteiger partial charge >= 0.3 is 10.4 Å². The van der Waals surface area contributed by atoms with Crippen LogP contribution < -0.4 is 5.32 Å². The number of hydrogen-bond acceptors (Lipinski definition) is 10. The SMILES string of the molecule is CCCCCCCCCCCCCCCCCCCC(=O)NC(COC1OC(CO)C(O)C(OS(=O)(=O)O)C1O)C(O)CCCCCCCCCCCCCCCCC. The molecule has 352 valence electrons. The van der Waals surface area contributed by atoms with Gasteiger partial charge in [0.1, 0.15) is 24.4 Å². The van der Waals surface area contributed by atoms with E-state index in [9.17, 15) is 38.2 Å². The van der Waals surface area contributed by atoms with Gasteiger partial charge in [0, 0.05) is 6.42 Å². The fourth-order valence-electron chi connectivity index (χ4n) is 8.11. The molecule has 7 unspecified atom stereocenters. The first-order valence-electron chi connectivity index (χ1n) is 24.4. The van der Waals surface area contributed by atoms with Crippen molar-refractivity contribution in [3.05, 3.63) is 0 Å². The molecule has 7 atom stereocenters. The lowest BCUT2D eigenvalue weighted by atomic mass is 9.99. The largest absolute Gasteiger partial charge is 0.397 e. The average molecular weight is 866 g/mol. The first kappa shape index (κ1) is 56.1. The topological polar surface area (TPSA) is 192 Å². The summed E-state index contributed by atoms with van der Waals surface area (Å²) in [7, 11) is -5.07. The minimum absolute atomic E-state index is 0.226. The minimum Gasteiger partial charge on any atom is -0.394 e. The molecule has 1 rings (SSSR count). The van der Waals surface area contributed by atoms with Crippen molar-refractivity contribution in [3.8, 4) is 0 Å². The van der Waals surface area contributed by atoms with Crippen molar-refractivity contribution in [2.24, 2.45) is 0 Å². The van der Waals surface area contributed by atoms with Gasteiger partial charge in [0.05, 0.1) is 25.4 Å². The van der Waals surface area contributed by atoms with Crippen LogP contribution in [0.5, 0.6) is 0 Å². The molecule has 1 heterocycles. The van der Waals surface area contributed by atoms with Gasteiger partial charge in [-0.3, -0.25) is 9.35 Å². The molecular formula is C46H91NO11S. The molecule has 6 N–H and O–H groups in total. The van der Waals surface area contributed by atoms with Crippen molar-refractivity contribution in [2.45, 2.75) is 275 Å². The molecule has 0 aliphatic carbocycles. The van der Waals surface area contributed by atoms with Gasteiger partial charge in [0.25, 0.3) is 0 Å². The van der Waals surface area contributed by atoms with Gasteiger partial charge in [-0.05, 0) is 12.8 Å². The Bertz CT molecular complexity index is 1070. The van der Waals surface area contributed by atoms with Crippen molar-refractivity contribution >= 4 is 16.3 Å². The number of aliphatic hydroxyl groups is 4. The summed E-state index contributed by atoms with van der Waals surface area (Å²) >= 11 is 0. The van der Waals surface area contributed by atoms with E-state index in [-0.39, 0.29) is 12.5 Å². The fourth-order valence-corrected chi connectivity index (χ4v) is 8.62. The molecule has 59 heavy (non-hydrogen) atoms. The Balaban J connectivity index is 2.45. The Morgan fingerprint density at radius 2 is 0.983 bits per heavy atom. The van der Waals surface area contributed by atoms with Gasteiger partial charge in [0.15, 0.2) is 6.29 Å². The molecule has 1 fully saturated rings. The van der Waals surface area contributed by atoms with E-state index in [1.165, 1.54) is 154 Å². The van der Waals surface area contributed by atoms with E-state index in [0.717, 1.165) is 51.4 Å². The Morgan fingerprint density at radius 1 is 0.610 bits per heavy atom. The summed E-state index contributed by atoms with van der Waals surface area (Å²) in [6.45, 7) is 3.47. The Morgan fingerprint density at radius 3 is 1.36 bits per heavy atom. The van der Waals surface area contributed by atoms with E-state index in [2.05, 4.69) is 23.3 Å². The van der Waals surface area contributed by atoms with Crippen LogP contribution >= 0.6 is 0 Å². The van der Waals surface area contributed by atoms with Crippen molar-refractivity contribution in [1.82, 2.24) is 5.32 Å². The van der Waals surface area contributed by atoms with Gasteiger partial charge in [-0.15, -0.1) is 0 Å². The summed E-state index contributed by atoms with van der Waals surface area (Å²) in [6, 6.07) is -0.851. The lowest BCUT2D eigenvalue weighted by Gasteiger charge is -2.41. The number of nitrogens with one attached hydrogen (secondary N) is 1. The molecule has 1 aliphatic heterocycles. The zero-order chi connectivity index (χ0) is 43.4. The van der Waals surface area contributed by atoms with E-state index in [0.29, 0.717) is 12.8 Å². The number of carbonyl (C=O) groups excluding carboxylic acids is 1. The van der Waals surface area contributed by atoms with Crippen molar-refractivity contribution in [1.29, 1.82) is 0 Å². The summed E-state index contributed by atoms with van der Waals surface area (Å²) in [5, 5.41) is 44.9. The van der Waals surface area contributed by atoms with Crippen LogP contribution in [0.1, 0.15) is 232 Å². The highest BCUT2D eigenvalue weighted by molar-refractivity contribution is 7.80. The van der Waals surface area contributed by atoms with Gasteiger partial charge in [-0.1, -0.05) is 213 Å². The highest BCUT2D eigenvalue weighted by Crippen LogP contribution is 2.26. The second kappa shape index (κ2) is 37.6. The standard InChI is InChI=1S/C46H91NO11S/c1-3-5-7-9-11-13-15-17-19-20-22-24-26-28-30-32-34-36-42(50)47-39(38-56-46-44(52)45(58-59(53,54)55)43(51)41(37-48)57-46)40(49)35-33-31-29-27-25-23-21-18-16-14-12-10-8-6-4-2/h39-41,43-46,48-49,51-52H,3-38H2,1-2H3,(H,47,50)(H,53,54,55). The number of amides is 1. The van der Waals surface area contributed by atoms with Crippen LogP contribution in [0.2, 0.25) is 0 Å². The lowest BCUT2D eigenvalue weighted by molar-refractivity contribution is -0.298. The monoisotopic (exact) mass is 866 g/mol. The molecule has 1 saturated heterocycles. The van der Waals surface area contributed by atoms with E-state index >= 15 is 0 Å². The maximum Gasteiger partial charge on any atom is 0.397 e. The molecule has 0 aromatic rings. The maximum atomic E-state index is 13.1.